The van der Waals surface area contributed by atoms with Crippen molar-refractivity contribution in [2.24, 2.45) is 0 Å². The van der Waals surface area contributed by atoms with E-state index in [2.05, 4.69) is 14.9 Å². The monoisotopic (exact) mass is 670 g/mol. The standard InChI is InChI=1S/C31H35ClN6O5S2/c1-35-10-9-26-27(20-35)44-30(34-26)31(41)38-12-11-37(45(42,43)28-16-22-15-23(32)7-8-25(22)33-28)19-24(38)17-29(40)36(13-14-39)18-21-5-3-2-4-6-21/h2-8,15-16,24,33,39H,9-14,17-20H2,1H3. The number of fused-ring (bicyclic) bond motifs is 2. The van der Waals surface area contributed by atoms with Gasteiger partial charge in [-0.3, -0.25) is 9.59 Å². The van der Waals surface area contributed by atoms with Gasteiger partial charge in [-0.1, -0.05) is 41.9 Å². The lowest BCUT2D eigenvalue weighted by atomic mass is 10.1. The molecule has 11 nitrogen and oxygen atoms in total. The molecule has 4 heterocycles. The fourth-order valence-corrected chi connectivity index (χ4v) is 8.73. The minimum atomic E-state index is -3.99. The molecule has 1 unspecified atom stereocenters. The van der Waals surface area contributed by atoms with Crippen LogP contribution in [0.1, 0.15) is 32.4 Å². The lowest BCUT2D eigenvalue weighted by Gasteiger charge is -2.40. The van der Waals surface area contributed by atoms with Crippen LogP contribution in [0.15, 0.2) is 59.6 Å². The van der Waals surface area contributed by atoms with Crippen molar-refractivity contribution < 1.29 is 23.1 Å². The van der Waals surface area contributed by atoms with Gasteiger partial charge < -0.3 is 24.8 Å². The number of carbonyl (C=O) groups is 2. The lowest BCUT2D eigenvalue weighted by molar-refractivity contribution is -0.133. The van der Waals surface area contributed by atoms with Gasteiger partial charge in [-0.2, -0.15) is 4.31 Å². The van der Waals surface area contributed by atoms with Gasteiger partial charge in [-0.05, 0) is 36.9 Å². The van der Waals surface area contributed by atoms with Gasteiger partial charge in [0.25, 0.3) is 15.9 Å². The number of thiazole rings is 1. The maximum Gasteiger partial charge on any atom is 0.283 e. The number of benzene rings is 2. The number of nitrogens with zero attached hydrogens (tertiary/aromatic N) is 5. The molecule has 1 atom stereocenters. The summed E-state index contributed by atoms with van der Waals surface area (Å²) in [6.45, 7) is 1.85. The van der Waals surface area contributed by atoms with Crippen LogP contribution in [0.2, 0.25) is 5.02 Å². The Balaban J connectivity index is 1.28. The number of piperazine rings is 1. The maximum atomic E-state index is 14.0. The van der Waals surface area contributed by atoms with Crippen LogP contribution in [0.4, 0.5) is 0 Å². The number of hydrogen-bond donors (Lipinski definition) is 2. The average molecular weight is 671 g/mol. The van der Waals surface area contributed by atoms with E-state index >= 15 is 0 Å². The molecule has 1 saturated heterocycles. The highest BCUT2D eigenvalue weighted by atomic mass is 35.5. The predicted molar refractivity (Wildman–Crippen MR) is 173 cm³/mol. The van der Waals surface area contributed by atoms with E-state index in [1.54, 1.807) is 34.1 Å². The minimum Gasteiger partial charge on any atom is -0.395 e. The number of aliphatic hydroxyl groups excluding tert-OH is 1. The van der Waals surface area contributed by atoms with Crippen molar-refractivity contribution in [1.82, 2.24) is 29.0 Å². The van der Waals surface area contributed by atoms with Crippen LogP contribution in [0, 0.1) is 0 Å². The Morgan fingerprint density at radius 1 is 1.13 bits per heavy atom. The number of nitrogens with one attached hydrogen (secondary N) is 1. The van der Waals surface area contributed by atoms with E-state index < -0.39 is 16.1 Å². The van der Waals surface area contributed by atoms with E-state index in [0.717, 1.165) is 35.6 Å². The summed E-state index contributed by atoms with van der Waals surface area (Å²) < 4.78 is 29.1. The van der Waals surface area contributed by atoms with E-state index in [1.807, 2.05) is 37.4 Å². The van der Waals surface area contributed by atoms with Crippen LogP contribution in [0.5, 0.6) is 0 Å². The second-order valence-corrected chi connectivity index (χ2v) is 14.9. The molecule has 2 aromatic carbocycles. The largest absolute Gasteiger partial charge is 0.395 e. The number of aliphatic hydroxyl groups is 1. The fourth-order valence-electron chi connectivity index (χ4n) is 5.93. The van der Waals surface area contributed by atoms with Gasteiger partial charge >= 0.3 is 0 Å². The molecular weight excluding hydrogens is 636 g/mol. The van der Waals surface area contributed by atoms with Crippen LogP contribution >= 0.6 is 22.9 Å². The Morgan fingerprint density at radius 3 is 2.71 bits per heavy atom. The van der Waals surface area contributed by atoms with Crippen molar-refractivity contribution in [3.8, 4) is 0 Å². The van der Waals surface area contributed by atoms with Gasteiger partial charge in [-0.15, -0.1) is 11.3 Å². The van der Waals surface area contributed by atoms with E-state index in [-0.39, 0.29) is 62.6 Å². The fraction of sp³-hybridized carbons (Fsp3) is 0.387. The molecule has 0 spiro atoms. The number of hydrogen-bond acceptors (Lipinski definition) is 8. The van der Waals surface area contributed by atoms with E-state index in [1.165, 1.54) is 15.6 Å². The number of carbonyl (C=O) groups excluding carboxylic acids is 2. The molecule has 0 aliphatic carbocycles. The summed E-state index contributed by atoms with van der Waals surface area (Å²) in [5, 5.41) is 11.3. The van der Waals surface area contributed by atoms with Gasteiger partial charge in [0.2, 0.25) is 5.91 Å². The molecular formula is C31H35ClN6O5S2. The first kappa shape index (κ1) is 31.6. The van der Waals surface area contributed by atoms with Gasteiger partial charge in [0.15, 0.2) is 5.01 Å². The summed E-state index contributed by atoms with van der Waals surface area (Å²) in [5.41, 5.74) is 2.46. The van der Waals surface area contributed by atoms with Crippen molar-refractivity contribution >= 4 is 55.7 Å². The van der Waals surface area contributed by atoms with E-state index in [0.29, 0.717) is 20.9 Å². The molecule has 238 valence electrons. The third-order valence-electron chi connectivity index (χ3n) is 8.34. The molecule has 2 amide bonds. The number of sulfonamides is 1. The second-order valence-electron chi connectivity index (χ2n) is 11.5. The van der Waals surface area contributed by atoms with Crippen molar-refractivity contribution in [2.75, 3.05) is 46.4 Å². The van der Waals surface area contributed by atoms with Crippen molar-refractivity contribution in [3.05, 3.63) is 80.8 Å². The first-order valence-corrected chi connectivity index (χ1v) is 17.4. The normalized spacial score (nSPS) is 17.8. The zero-order valence-corrected chi connectivity index (χ0v) is 27.2. The molecule has 0 radical (unpaired) electrons. The van der Waals surface area contributed by atoms with Gasteiger partial charge in [-0.25, -0.2) is 13.4 Å². The van der Waals surface area contributed by atoms with Crippen LogP contribution in [-0.2, 0) is 34.3 Å². The number of rotatable bonds is 9. The molecule has 4 aromatic rings. The Hall–Kier alpha value is -3.33. The summed E-state index contributed by atoms with van der Waals surface area (Å²) in [5.74, 6) is -0.584. The number of H-pyrrole nitrogens is 1. The Morgan fingerprint density at radius 2 is 1.93 bits per heavy atom. The van der Waals surface area contributed by atoms with Gasteiger partial charge in [0.05, 0.1) is 18.3 Å². The van der Waals surface area contributed by atoms with Crippen LogP contribution in [0.25, 0.3) is 10.9 Å². The zero-order valence-electron chi connectivity index (χ0n) is 24.9. The van der Waals surface area contributed by atoms with Crippen LogP contribution in [-0.4, -0.2) is 107 Å². The summed E-state index contributed by atoms with van der Waals surface area (Å²) in [6.07, 6.45) is 0.648. The topological polar surface area (TPSA) is 130 Å². The SMILES string of the molecule is CN1CCc2nc(C(=O)N3CCN(S(=O)(=O)c4cc5cc(Cl)ccc5[nH]4)CC3CC(=O)N(CCO)Cc3ccccc3)sc2C1. The number of halogens is 1. The highest BCUT2D eigenvalue weighted by Crippen LogP contribution is 2.30. The molecule has 1 fully saturated rings. The van der Waals surface area contributed by atoms with E-state index in [4.69, 9.17) is 11.6 Å². The third kappa shape index (κ3) is 6.79. The second kappa shape index (κ2) is 13.2. The molecule has 2 N–H and O–H groups in total. The maximum absolute atomic E-state index is 14.0. The first-order chi connectivity index (χ1) is 21.6. The highest BCUT2D eigenvalue weighted by Gasteiger charge is 2.40. The zero-order chi connectivity index (χ0) is 31.7. The third-order valence-corrected chi connectivity index (χ3v) is 11.4. The molecule has 14 heteroatoms. The van der Waals surface area contributed by atoms with Crippen molar-refractivity contribution in [3.63, 3.8) is 0 Å². The van der Waals surface area contributed by atoms with Gasteiger partial charge in [0.1, 0.15) is 5.03 Å². The van der Waals surface area contributed by atoms with Crippen LogP contribution < -0.4 is 0 Å². The predicted octanol–water partition coefficient (Wildman–Crippen LogP) is 3.19. The van der Waals surface area contributed by atoms with Crippen molar-refractivity contribution in [2.45, 2.75) is 37.0 Å². The molecule has 0 bridgehead atoms. The number of amides is 2. The van der Waals surface area contributed by atoms with Crippen molar-refractivity contribution in [1.29, 1.82) is 0 Å². The minimum absolute atomic E-state index is 0.0207. The Kier molecular flexibility index (Phi) is 9.27. The molecule has 6 rings (SSSR count). The summed E-state index contributed by atoms with van der Waals surface area (Å²) in [6, 6.07) is 15.4. The Bertz CT molecular complexity index is 1810. The lowest BCUT2D eigenvalue weighted by Crippen LogP contribution is -2.57. The number of aromatic amines is 1. The smallest absolute Gasteiger partial charge is 0.283 e. The molecule has 0 saturated carbocycles. The first-order valence-electron chi connectivity index (χ1n) is 14.8. The summed E-state index contributed by atoms with van der Waals surface area (Å²) >= 11 is 7.49. The molecule has 2 aromatic heterocycles. The van der Waals surface area contributed by atoms with Crippen LogP contribution in [0.3, 0.4) is 0 Å². The quantitative estimate of drug-likeness (QED) is 0.280. The number of aromatic nitrogens is 2. The van der Waals surface area contributed by atoms with E-state index in [9.17, 15) is 23.1 Å². The molecule has 2 aliphatic heterocycles. The highest BCUT2D eigenvalue weighted by molar-refractivity contribution is 7.89. The summed E-state index contributed by atoms with van der Waals surface area (Å²) in [4.78, 5) is 41.7. The number of likely N-dealkylation sites (N-methyl/N-ethyl adjacent to an activating group) is 1. The van der Waals surface area contributed by atoms with Gasteiger partial charge in [0, 0.05) is 79.5 Å². The summed E-state index contributed by atoms with van der Waals surface area (Å²) in [7, 11) is -1.96. The average Bonchev–Trinajstić information content (AvgIpc) is 3.65. The molecule has 45 heavy (non-hydrogen) atoms. The molecule has 2 aliphatic rings. The Labute approximate surface area is 271 Å².